The summed E-state index contributed by atoms with van der Waals surface area (Å²) in [5.41, 5.74) is -1.81. The monoisotopic (exact) mass is 289 g/mol. The molecule has 0 aliphatic heterocycles. The molecular formula is C12H11F4N3O. The summed E-state index contributed by atoms with van der Waals surface area (Å²) in [5.74, 6) is -1.12. The molecule has 2 aromatic rings. The average molecular weight is 289 g/mol. The summed E-state index contributed by atoms with van der Waals surface area (Å²) in [4.78, 5) is 3.83. The Balaban J connectivity index is 2.31. The number of benzene rings is 1. The van der Waals surface area contributed by atoms with E-state index in [9.17, 15) is 22.7 Å². The number of hydrogen-bond donors (Lipinski definition) is 1. The zero-order valence-electron chi connectivity index (χ0n) is 10.4. The maximum atomic E-state index is 13.8. The second kappa shape index (κ2) is 5.20. The van der Waals surface area contributed by atoms with Gasteiger partial charge in [-0.3, -0.25) is 4.68 Å². The summed E-state index contributed by atoms with van der Waals surface area (Å²) < 4.78 is 52.9. The molecule has 2 rings (SSSR count). The zero-order chi connectivity index (χ0) is 14.9. The number of aliphatic hydroxyl groups excluding tert-OH is 1. The third-order valence-electron chi connectivity index (χ3n) is 2.87. The van der Waals surface area contributed by atoms with Gasteiger partial charge in [-0.15, -0.1) is 0 Å². The van der Waals surface area contributed by atoms with Crippen molar-refractivity contribution in [2.24, 2.45) is 7.05 Å². The number of aromatic nitrogens is 3. The smallest absolute Gasteiger partial charge is 0.388 e. The number of halogens is 4. The fourth-order valence-electron chi connectivity index (χ4n) is 1.81. The van der Waals surface area contributed by atoms with Gasteiger partial charge < -0.3 is 5.11 Å². The molecule has 0 amide bonds. The molecule has 1 aromatic heterocycles. The van der Waals surface area contributed by atoms with Crippen LogP contribution in [-0.4, -0.2) is 19.9 Å². The number of aryl methyl sites for hydroxylation is 1. The molecule has 0 fully saturated rings. The van der Waals surface area contributed by atoms with Gasteiger partial charge in [0, 0.05) is 19.0 Å². The van der Waals surface area contributed by atoms with Gasteiger partial charge in [-0.05, 0) is 6.07 Å². The van der Waals surface area contributed by atoms with Crippen molar-refractivity contribution in [2.75, 3.05) is 0 Å². The van der Waals surface area contributed by atoms with Crippen LogP contribution in [0.5, 0.6) is 0 Å². The van der Waals surface area contributed by atoms with Gasteiger partial charge in [0.05, 0.1) is 11.7 Å². The minimum Gasteiger partial charge on any atom is -0.388 e. The second-order valence-electron chi connectivity index (χ2n) is 4.23. The fraction of sp³-hybridized carbons (Fsp3) is 0.333. The maximum Gasteiger partial charge on any atom is 0.419 e. The average Bonchev–Trinajstić information content (AvgIpc) is 2.73. The van der Waals surface area contributed by atoms with Crippen molar-refractivity contribution in [3.63, 3.8) is 0 Å². The molecule has 1 N–H and O–H groups in total. The van der Waals surface area contributed by atoms with Crippen LogP contribution < -0.4 is 0 Å². The highest BCUT2D eigenvalue weighted by Gasteiger charge is 2.35. The highest BCUT2D eigenvalue weighted by Crippen LogP contribution is 2.34. The Morgan fingerprint density at radius 1 is 1.35 bits per heavy atom. The Labute approximate surface area is 111 Å². The van der Waals surface area contributed by atoms with Gasteiger partial charge >= 0.3 is 6.18 Å². The summed E-state index contributed by atoms with van der Waals surface area (Å²) in [5, 5.41) is 13.7. The van der Waals surface area contributed by atoms with E-state index in [0.717, 1.165) is 12.1 Å². The molecular weight excluding hydrogens is 278 g/mol. The number of rotatable bonds is 3. The van der Waals surface area contributed by atoms with Crippen LogP contribution in [-0.2, 0) is 19.6 Å². The second-order valence-corrected chi connectivity index (χ2v) is 4.23. The lowest BCUT2D eigenvalue weighted by Crippen LogP contribution is -2.14. The highest BCUT2D eigenvalue weighted by atomic mass is 19.4. The molecule has 4 nitrogen and oxygen atoms in total. The van der Waals surface area contributed by atoms with Crippen molar-refractivity contribution < 1.29 is 22.7 Å². The van der Waals surface area contributed by atoms with Crippen LogP contribution in [0.1, 0.15) is 23.1 Å². The maximum absolute atomic E-state index is 13.8. The van der Waals surface area contributed by atoms with Crippen LogP contribution >= 0.6 is 0 Å². The molecule has 0 aliphatic rings. The molecule has 0 spiro atoms. The van der Waals surface area contributed by atoms with Crippen LogP contribution in [0.2, 0.25) is 0 Å². The van der Waals surface area contributed by atoms with Gasteiger partial charge in [-0.1, -0.05) is 12.1 Å². The third kappa shape index (κ3) is 2.79. The van der Waals surface area contributed by atoms with E-state index in [4.69, 9.17) is 0 Å². The topological polar surface area (TPSA) is 50.9 Å². The molecule has 20 heavy (non-hydrogen) atoms. The van der Waals surface area contributed by atoms with Crippen molar-refractivity contribution >= 4 is 0 Å². The van der Waals surface area contributed by atoms with E-state index in [1.807, 2.05) is 0 Å². The number of alkyl halides is 3. The Bertz CT molecular complexity index is 609. The first-order valence-corrected chi connectivity index (χ1v) is 5.67. The van der Waals surface area contributed by atoms with E-state index in [0.29, 0.717) is 11.9 Å². The largest absolute Gasteiger partial charge is 0.419 e. The van der Waals surface area contributed by atoms with Gasteiger partial charge in [0.15, 0.2) is 0 Å². The molecule has 0 aliphatic carbocycles. The van der Waals surface area contributed by atoms with Gasteiger partial charge in [0.25, 0.3) is 0 Å². The SMILES string of the molecule is Cn1ncnc1CC(O)c1cccc(C(F)(F)F)c1F. The van der Waals surface area contributed by atoms with E-state index in [-0.39, 0.29) is 6.42 Å². The normalized spacial score (nSPS) is 13.5. The molecule has 1 unspecified atom stereocenters. The first-order valence-electron chi connectivity index (χ1n) is 5.67. The number of nitrogens with zero attached hydrogens (tertiary/aromatic N) is 3. The van der Waals surface area contributed by atoms with E-state index < -0.39 is 29.2 Å². The Hall–Kier alpha value is -1.96. The quantitative estimate of drug-likeness (QED) is 0.882. The lowest BCUT2D eigenvalue weighted by atomic mass is 10.0. The Kier molecular flexibility index (Phi) is 3.76. The predicted octanol–water partition coefficient (Wildman–Crippen LogP) is 2.25. The number of hydrogen-bond acceptors (Lipinski definition) is 3. The van der Waals surface area contributed by atoms with E-state index in [1.54, 1.807) is 7.05 Å². The zero-order valence-corrected chi connectivity index (χ0v) is 10.4. The molecule has 108 valence electrons. The van der Waals surface area contributed by atoms with Crippen molar-refractivity contribution in [3.05, 3.63) is 47.3 Å². The molecule has 0 saturated carbocycles. The molecule has 0 saturated heterocycles. The highest BCUT2D eigenvalue weighted by molar-refractivity contribution is 5.30. The van der Waals surface area contributed by atoms with E-state index in [2.05, 4.69) is 10.1 Å². The lowest BCUT2D eigenvalue weighted by molar-refractivity contribution is -0.140. The van der Waals surface area contributed by atoms with Gasteiger partial charge in [0.1, 0.15) is 18.0 Å². The molecule has 8 heteroatoms. The van der Waals surface area contributed by atoms with Crippen LogP contribution in [0, 0.1) is 5.82 Å². The van der Waals surface area contributed by atoms with Crippen molar-refractivity contribution in [1.82, 2.24) is 14.8 Å². The van der Waals surface area contributed by atoms with Gasteiger partial charge in [-0.2, -0.15) is 18.3 Å². The van der Waals surface area contributed by atoms with Crippen molar-refractivity contribution in [1.29, 1.82) is 0 Å². The Morgan fingerprint density at radius 3 is 2.60 bits per heavy atom. The summed E-state index contributed by atoms with van der Waals surface area (Å²) >= 11 is 0. The number of aliphatic hydroxyl groups is 1. The Morgan fingerprint density at radius 2 is 2.05 bits per heavy atom. The lowest BCUT2D eigenvalue weighted by Gasteiger charge is -2.15. The summed E-state index contributed by atoms with van der Waals surface area (Å²) in [6, 6.07) is 2.81. The minimum atomic E-state index is -4.80. The predicted molar refractivity (Wildman–Crippen MR) is 61.1 cm³/mol. The standard InChI is InChI=1S/C12H11F4N3O/c1-19-10(17-6-18-19)5-9(20)7-3-2-4-8(11(7)13)12(14,15)16/h2-4,6,9,20H,5H2,1H3. The summed E-state index contributed by atoms with van der Waals surface area (Å²) in [6.45, 7) is 0. The van der Waals surface area contributed by atoms with Crippen LogP contribution in [0.15, 0.2) is 24.5 Å². The van der Waals surface area contributed by atoms with Crippen molar-refractivity contribution in [3.8, 4) is 0 Å². The van der Waals surface area contributed by atoms with Crippen LogP contribution in [0.25, 0.3) is 0 Å². The van der Waals surface area contributed by atoms with Gasteiger partial charge in [0.2, 0.25) is 0 Å². The van der Waals surface area contributed by atoms with Gasteiger partial charge in [-0.25, -0.2) is 9.37 Å². The van der Waals surface area contributed by atoms with Crippen molar-refractivity contribution in [2.45, 2.75) is 18.7 Å². The van der Waals surface area contributed by atoms with Crippen LogP contribution in [0.3, 0.4) is 0 Å². The summed E-state index contributed by atoms with van der Waals surface area (Å²) in [6.07, 6.45) is -5.12. The third-order valence-corrected chi connectivity index (χ3v) is 2.87. The molecule has 1 heterocycles. The molecule has 1 aromatic carbocycles. The minimum absolute atomic E-state index is 0.130. The molecule has 0 bridgehead atoms. The van der Waals surface area contributed by atoms with Crippen LogP contribution in [0.4, 0.5) is 17.6 Å². The first-order chi connectivity index (χ1) is 9.30. The fourth-order valence-corrected chi connectivity index (χ4v) is 1.81. The van der Waals surface area contributed by atoms with E-state index >= 15 is 0 Å². The summed E-state index contributed by atoms with van der Waals surface area (Å²) in [7, 11) is 1.57. The van der Waals surface area contributed by atoms with E-state index in [1.165, 1.54) is 11.0 Å². The molecule has 0 radical (unpaired) electrons. The first kappa shape index (κ1) is 14.4. The molecule has 1 atom stereocenters.